The molecule has 0 bridgehead atoms. The molecule has 4 nitrogen and oxygen atoms in total. The zero-order valence-corrected chi connectivity index (χ0v) is 16.1. The molecular weight excluding hydrogens is 360 g/mol. The molecule has 0 saturated carbocycles. The summed E-state index contributed by atoms with van der Waals surface area (Å²) in [6.07, 6.45) is 3.61. The third-order valence-corrected chi connectivity index (χ3v) is 4.37. The Balaban J connectivity index is 1.67. The van der Waals surface area contributed by atoms with E-state index in [0.717, 1.165) is 23.2 Å². The van der Waals surface area contributed by atoms with E-state index < -0.39 is 0 Å². The number of benzene rings is 2. The van der Waals surface area contributed by atoms with Gasteiger partial charge >= 0.3 is 0 Å². The summed E-state index contributed by atoms with van der Waals surface area (Å²) in [5.41, 5.74) is 3.19. The van der Waals surface area contributed by atoms with Gasteiger partial charge in [-0.05, 0) is 35.7 Å². The number of rotatable bonds is 9. The Bertz CT molecular complexity index is 842. The number of ether oxygens (including phenoxy) is 2. The van der Waals surface area contributed by atoms with Crippen molar-refractivity contribution in [2.75, 3.05) is 6.61 Å². The van der Waals surface area contributed by atoms with E-state index in [2.05, 4.69) is 10.3 Å². The topological polar surface area (TPSA) is 43.4 Å². The van der Waals surface area contributed by atoms with Gasteiger partial charge in [-0.3, -0.25) is 4.98 Å². The number of pyridine rings is 1. The van der Waals surface area contributed by atoms with Crippen molar-refractivity contribution in [3.8, 4) is 11.5 Å². The molecule has 0 atom stereocenters. The normalized spacial score (nSPS) is 10.6. The predicted molar refractivity (Wildman–Crippen MR) is 108 cm³/mol. The minimum Gasteiger partial charge on any atom is -0.490 e. The Hall–Kier alpha value is -2.56. The van der Waals surface area contributed by atoms with Gasteiger partial charge in [0.1, 0.15) is 6.61 Å². The van der Waals surface area contributed by atoms with Crippen LogP contribution in [0.5, 0.6) is 11.5 Å². The van der Waals surface area contributed by atoms with Crippen molar-refractivity contribution in [2.45, 2.75) is 26.6 Å². The largest absolute Gasteiger partial charge is 0.490 e. The molecule has 1 N–H and O–H groups in total. The van der Waals surface area contributed by atoms with Gasteiger partial charge in [0.05, 0.1) is 6.61 Å². The van der Waals surface area contributed by atoms with E-state index >= 15 is 0 Å². The standard InChI is InChI=1S/C22H23ClN2O2/c1-2-26-21-11-19(15-25-14-18-9-6-10-24-13-18)20(23)12-22(21)27-16-17-7-4-3-5-8-17/h3-13,25H,2,14-16H2,1H3. The first-order valence-corrected chi connectivity index (χ1v) is 9.35. The summed E-state index contributed by atoms with van der Waals surface area (Å²) < 4.78 is 11.7. The number of halogens is 1. The molecule has 1 heterocycles. The molecule has 0 aliphatic heterocycles. The summed E-state index contributed by atoms with van der Waals surface area (Å²) >= 11 is 6.48. The SMILES string of the molecule is CCOc1cc(CNCc2cccnc2)c(Cl)cc1OCc1ccccc1. The van der Waals surface area contributed by atoms with Crippen molar-refractivity contribution >= 4 is 11.6 Å². The summed E-state index contributed by atoms with van der Waals surface area (Å²) in [5.74, 6) is 1.36. The number of nitrogens with zero attached hydrogens (tertiary/aromatic N) is 1. The minimum absolute atomic E-state index is 0.468. The van der Waals surface area contributed by atoms with Crippen LogP contribution in [0, 0.1) is 0 Å². The van der Waals surface area contributed by atoms with Crippen LogP contribution < -0.4 is 14.8 Å². The van der Waals surface area contributed by atoms with Crippen molar-refractivity contribution in [1.29, 1.82) is 0 Å². The molecule has 1 aromatic heterocycles. The van der Waals surface area contributed by atoms with Gasteiger partial charge in [-0.2, -0.15) is 0 Å². The highest BCUT2D eigenvalue weighted by Gasteiger charge is 2.11. The van der Waals surface area contributed by atoms with Crippen LogP contribution in [0.25, 0.3) is 0 Å². The average Bonchev–Trinajstić information content (AvgIpc) is 2.71. The smallest absolute Gasteiger partial charge is 0.163 e. The summed E-state index contributed by atoms with van der Waals surface area (Å²) in [6.45, 7) is 4.34. The Morgan fingerprint density at radius 2 is 1.70 bits per heavy atom. The van der Waals surface area contributed by atoms with Crippen LogP contribution in [0.4, 0.5) is 0 Å². The highest BCUT2D eigenvalue weighted by molar-refractivity contribution is 6.31. The molecule has 0 unspecified atom stereocenters. The third-order valence-electron chi connectivity index (χ3n) is 4.02. The van der Waals surface area contributed by atoms with E-state index in [0.29, 0.717) is 36.3 Å². The summed E-state index contributed by atoms with van der Waals surface area (Å²) in [7, 11) is 0. The first-order chi connectivity index (χ1) is 13.3. The first-order valence-electron chi connectivity index (χ1n) is 8.98. The van der Waals surface area contributed by atoms with E-state index in [-0.39, 0.29) is 0 Å². The lowest BCUT2D eigenvalue weighted by Gasteiger charge is -2.15. The van der Waals surface area contributed by atoms with E-state index in [1.807, 2.05) is 67.7 Å². The number of hydrogen-bond donors (Lipinski definition) is 1. The molecule has 5 heteroatoms. The van der Waals surface area contributed by atoms with Crippen LogP contribution in [0.2, 0.25) is 5.02 Å². The maximum Gasteiger partial charge on any atom is 0.163 e. The molecule has 3 rings (SSSR count). The molecule has 27 heavy (non-hydrogen) atoms. The molecular formula is C22H23ClN2O2. The maximum absolute atomic E-state index is 6.48. The predicted octanol–water partition coefficient (Wildman–Crippen LogP) is 5.00. The van der Waals surface area contributed by atoms with Crippen LogP contribution >= 0.6 is 11.6 Å². The molecule has 3 aromatic rings. The lowest BCUT2D eigenvalue weighted by atomic mass is 10.2. The first kappa shape index (κ1) is 19.2. The Labute approximate surface area is 165 Å². The zero-order valence-electron chi connectivity index (χ0n) is 15.3. The summed E-state index contributed by atoms with van der Waals surface area (Å²) in [6, 6.07) is 17.8. The van der Waals surface area contributed by atoms with E-state index in [9.17, 15) is 0 Å². The highest BCUT2D eigenvalue weighted by atomic mass is 35.5. The van der Waals surface area contributed by atoms with Gasteiger partial charge in [0.25, 0.3) is 0 Å². The molecule has 0 radical (unpaired) electrons. The second-order valence-electron chi connectivity index (χ2n) is 6.06. The zero-order chi connectivity index (χ0) is 18.9. The Kier molecular flexibility index (Phi) is 7.08. The van der Waals surface area contributed by atoms with Crippen LogP contribution in [-0.4, -0.2) is 11.6 Å². The van der Waals surface area contributed by atoms with Crippen molar-refractivity contribution in [1.82, 2.24) is 10.3 Å². The second kappa shape index (κ2) is 9.95. The monoisotopic (exact) mass is 382 g/mol. The van der Waals surface area contributed by atoms with E-state index in [1.165, 1.54) is 0 Å². The van der Waals surface area contributed by atoms with Gasteiger partial charge in [-0.25, -0.2) is 0 Å². The molecule has 0 fully saturated rings. The van der Waals surface area contributed by atoms with Crippen molar-refractivity contribution in [3.63, 3.8) is 0 Å². The van der Waals surface area contributed by atoms with Gasteiger partial charge in [0, 0.05) is 36.6 Å². The molecule has 0 aliphatic carbocycles. The number of aromatic nitrogens is 1. The minimum atomic E-state index is 0.468. The van der Waals surface area contributed by atoms with Crippen LogP contribution in [0.15, 0.2) is 67.0 Å². The number of hydrogen-bond acceptors (Lipinski definition) is 4. The van der Waals surface area contributed by atoms with Crippen molar-refractivity contribution in [2.24, 2.45) is 0 Å². The van der Waals surface area contributed by atoms with E-state index in [4.69, 9.17) is 21.1 Å². The lowest BCUT2D eigenvalue weighted by molar-refractivity contribution is 0.269. The maximum atomic E-state index is 6.48. The van der Waals surface area contributed by atoms with Crippen LogP contribution in [0.1, 0.15) is 23.6 Å². The molecule has 140 valence electrons. The quantitative estimate of drug-likeness (QED) is 0.565. The average molecular weight is 383 g/mol. The van der Waals surface area contributed by atoms with Crippen LogP contribution in [-0.2, 0) is 19.7 Å². The van der Waals surface area contributed by atoms with Crippen molar-refractivity contribution in [3.05, 3.63) is 88.7 Å². The third kappa shape index (κ3) is 5.71. The molecule has 0 spiro atoms. The second-order valence-corrected chi connectivity index (χ2v) is 6.47. The van der Waals surface area contributed by atoms with Crippen LogP contribution in [0.3, 0.4) is 0 Å². The van der Waals surface area contributed by atoms with Gasteiger partial charge < -0.3 is 14.8 Å². The summed E-state index contributed by atoms with van der Waals surface area (Å²) in [4.78, 5) is 4.12. The van der Waals surface area contributed by atoms with Gasteiger partial charge in [-0.15, -0.1) is 0 Å². The molecule has 0 amide bonds. The fraction of sp³-hybridized carbons (Fsp3) is 0.227. The summed E-state index contributed by atoms with van der Waals surface area (Å²) in [5, 5.41) is 4.04. The van der Waals surface area contributed by atoms with Gasteiger partial charge in [-0.1, -0.05) is 48.0 Å². The molecule has 2 aromatic carbocycles. The van der Waals surface area contributed by atoms with E-state index in [1.54, 1.807) is 6.20 Å². The fourth-order valence-corrected chi connectivity index (χ4v) is 2.89. The van der Waals surface area contributed by atoms with Gasteiger partial charge in [0.2, 0.25) is 0 Å². The van der Waals surface area contributed by atoms with Crippen molar-refractivity contribution < 1.29 is 9.47 Å². The lowest BCUT2D eigenvalue weighted by Crippen LogP contribution is -2.13. The highest BCUT2D eigenvalue weighted by Crippen LogP contribution is 2.34. The number of nitrogens with one attached hydrogen (secondary N) is 1. The Morgan fingerprint density at radius 3 is 2.44 bits per heavy atom. The molecule has 0 aliphatic rings. The Morgan fingerprint density at radius 1 is 0.926 bits per heavy atom. The fourth-order valence-electron chi connectivity index (χ4n) is 2.67. The van der Waals surface area contributed by atoms with Gasteiger partial charge in [0.15, 0.2) is 11.5 Å². The molecule has 0 saturated heterocycles.